The highest BCUT2D eigenvalue weighted by Crippen LogP contribution is 2.28. The molecule has 0 heterocycles. The molecule has 1 rings (SSSR count). The second-order valence-electron chi connectivity index (χ2n) is 3.46. The van der Waals surface area contributed by atoms with Crippen LogP contribution in [0, 0.1) is 0 Å². The number of Topliss-reactive ketones (excluding diaryl/α,β-unsaturated/α-hetero) is 1. The molecule has 0 fully saturated rings. The summed E-state index contributed by atoms with van der Waals surface area (Å²) in [6, 6.07) is 0. The van der Waals surface area contributed by atoms with Crippen LogP contribution in [0.4, 0.5) is 0 Å². The van der Waals surface area contributed by atoms with Gasteiger partial charge >= 0.3 is 0 Å². The first-order valence-corrected chi connectivity index (χ1v) is 5.03. The summed E-state index contributed by atoms with van der Waals surface area (Å²) in [6.45, 7) is 4.29. The first-order valence-electron chi connectivity index (χ1n) is 5.03. The Balaban J connectivity index is 2.59. The van der Waals surface area contributed by atoms with E-state index in [4.69, 9.17) is 0 Å². The van der Waals surface area contributed by atoms with E-state index in [9.17, 15) is 4.79 Å². The number of unbranched alkanes of at least 4 members (excludes halogenated alkanes) is 1. The lowest BCUT2D eigenvalue weighted by Gasteiger charge is -2.02. The Morgan fingerprint density at radius 1 is 1.25 bits per heavy atom. The lowest BCUT2D eigenvalue weighted by Crippen LogP contribution is -1.94. The normalized spacial score (nSPS) is 17.7. The van der Waals surface area contributed by atoms with E-state index in [1.165, 1.54) is 18.4 Å². The van der Waals surface area contributed by atoms with Gasteiger partial charge in [0.05, 0.1) is 0 Å². The van der Waals surface area contributed by atoms with E-state index in [2.05, 4.69) is 13.8 Å². The van der Waals surface area contributed by atoms with Crippen molar-refractivity contribution in [1.82, 2.24) is 0 Å². The Hall–Kier alpha value is -0.590. The minimum Gasteiger partial charge on any atom is -0.295 e. The van der Waals surface area contributed by atoms with Crippen molar-refractivity contribution < 1.29 is 4.79 Å². The number of carbonyl (C=O) groups is 1. The number of hydrogen-bond acceptors (Lipinski definition) is 1. The zero-order chi connectivity index (χ0) is 8.97. The smallest absolute Gasteiger partial charge is 0.159 e. The van der Waals surface area contributed by atoms with E-state index in [1.807, 2.05) is 0 Å². The Kier molecular flexibility index (Phi) is 3.51. The van der Waals surface area contributed by atoms with Crippen molar-refractivity contribution in [1.29, 1.82) is 0 Å². The third-order valence-corrected chi connectivity index (χ3v) is 2.60. The van der Waals surface area contributed by atoms with Gasteiger partial charge in [-0.1, -0.05) is 25.8 Å². The molecular formula is C11H18O. The summed E-state index contributed by atoms with van der Waals surface area (Å²) in [5, 5.41) is 0. The van der Waals surface area contributed by atoms with Crippen molar-refractivity contribution in [3.8, 4) is 0 Å². The number of allylic oxidation sites excluding steroid dienone is 2. The average molecular weight is 166 g/mol. The van der Waals surface area contributed by atoms with Crippen LogP contribution in [0.25, 0.3) is 0 Å². The van der Waals surface area contributed by atoms with Gasteiger partial charge in [0.1, 0.15) is 0 Å². The first-order chi connectivity index (χ1) is 5.79. The molecule has 0 atom stereocenters. The topological polar surface area (TPSA) is 17.1 Å². The molecule has 12 heavy (non-hydrogen) atoms. The van der Waals surface area contributed by atoms with Gasteiger partial charge in [0.2, 0.25) is 0 Å². The Bertz CT molecular complexity index is 201. The number of carbonyl (C=O) groups excluding carboxylic acids is 1. The monoisotopic (exact) mass is 166 g/mol. The SMILES string of the molecule is CCCCC1=C(CC)C(=O)CC1. The maximum atomic E-state index is 11.3. The fourth-order valence-corrected chi connectivity index (χ4v) is 1.88. The summed E-state index contributed by atoms with van der Waals surface area (Å²) in [7, 11) is 0. The molecular weight excluding hydrogens is 148 g/mol. The van der Waals surface area contributed by atoms with Gasteiger partial charge < -0.3 is 0 Å². The van der Waals surface area contributed by atoms with Gasteiger partial charge in [0, 0.05) is 6.42 Å². The van der Waals surface area contributed by atoms with Gasteiger partial charge in [0.15, 0.2) is 5.78 Å². The Labute approximate surface area is 74.9 Å². The van der Waals surface area contributed by atoms with Gasteiger partial charge in [-0.25, -0.2) is 0 Å². The lowest BCUT2D eigenvalue weighted by molar-refractivity contribution is -0.115. The largest absolute Gasteiger partial charge is 0.295 e. The lowest BCUT2D eigenvalue weighted by atomic mass is 10.0. The van der Waals surface area contributed by atoms with Crippen molar-refractivity contribution in [3.05, 3.63) is 11.1 Å². The van der Waals surface area contributed by atoms with E-state index in [0.717, 1.165) is 31.3 Å². The van der Waals surface area contributed by atoms with Crippen molar-refractivity contribution in [2.45, 2.75) is 52.4 Å². The van der Waals surface area contributed by atoms with E-state index >= 15 is 0 Å². The van der Waals surface area contributed by atoms with Crippen LogP contribution in [0.1, 0.15) is 52.4 Å². The van der Waals surface area contributed by atoms with Gasteiger partial charge in [-0.05, 0) is 31.3 Å². The summed E-state index contributed by atoms with van der Waals surface area (Å²) in [4.78, 5) is 11.3. The fraction of sp³-hybridized carbons (Fsp3) is 0.727. The molecule has 1 aliphatic carbocycles. The van der Waals surface area contributed by atoms with Crippen LogP contribution < -0.4 is 0 Å². The molecule has 0 aliphatic heterocycles. The fourth-order valence-electron chi connectivity index (χ4n) is 1.88. The predicted octanol–water partition coefficient (Wildman–Crippen LogP) is 3.25. The Morgan fingerprint density at radius 3 is 2.58 bits per heavy atom. The molecule has 0 spiro atoms. The zero-order valence-electron chi connectivity index (χ0n) is 8.15. The molecule has 0 aromatic rings. The second-order valence-corrected chi connectivity index (χ2v) is 3.46. The van der Waals surface area contributed by atoms with Crippen molar-refractivity contribution in [2.24, 2.45) is 0 Å². The maximum absolute atomic E-state index is 11.3. The van der Waals surface area contributed by atoms with Crippen LogP contribution in [0.3, 0.4) is 0 Å². The Morgan fingerprint density at radius 2 is 2.00 bits per heavy atom. The van der Waals surface area contributed by atoms with Crippen LogP contribution in [0.5, 0.6) is 0 Å². The van der Waals surface area contributed by atoms with Gasteiger partial charge in [-0.15, -0.1) is 0 Å². The predicted molar refractivity (Wildman–Crippen MR) is 51.1 cm³/mol. The number of rotatable bonds is 4. The van der Waals surface area contributed by atoms with Crippen molar-refractivity contribution >= 4 is 5.78 Å². The summed E-state index contributed by atoms with van der Waals surface area (Å²) in [5.74, 6) is 0.406. The van der Waals surface area contributed by atoms with Crippen molar-refractivity contribution in [2.75, 3.05) is 0 Å². The summed E-state index contributed by atoms with van der Waals surface area (Å²) in [5.41, 5.74) is 2.59. The van der Waals surface area contributed by atoms with Crippen LogP contribution in [0.15, 0.2) is 11.1 Å². The molecule has 1 nitrogen and oxygen atoms in total. The maximum Gasteiger partial charge on any atom is 0.159 e. The van der Waals surface area contributed by atoms with E-state index < -0.39 is 0 Å². The third kappa shape index (κ3) is 1.96. The van der Waals surface area contributed by atoms with Crippen molar-refractivity contribution in [3.63, 3.8) is 0 Å². The third-order valence-electron chi connectivity index (χ3n) is 2.60. The van der Waals surface area contributed by atoms with E-state index in [0.29, 0.717) is 5.78 Å². The molecule has 0 saturated carbocycles. The highest BCUT2D eigenvalue weighted by molar-refractivity contribution is 5.98. The molecule has 0 bridgehead atoms. The zero-order valence-corrected chi connectivity index (χ0v) is 8.15. The van der Waals surface area contributed by atoms with Crippen LogP contribution in [-0.2, 0) is 4.79 Å². The molecule has 0 aromatic carbocycles. The molecule has 0 amide bonds. The van der Waals surface area contributed by atoms with Crippen LogP contribution >= 0.6 is 0 Å². The average Bonchev–Trinajstić information content (AvgIpc) is 2.43. The second kappa shape index (κ2) is 4.44. The summed E-state index contributed by atoms with van der Waals surface area (Å²) in [6.07, 6.45) is 6.40. The van der Waals surface area contributed by atoms with Gasteiger partial charge in [0.25, 0.3) is 0 Å². The highest BCUT2D eigenvalue weighted by Gasteiger charge is 2.20. The molecule has 1 aliphatic rings. The van der Waals surface area contributed by atoms with Gasteiger partial charge in [-0.2, -0.15) is 0 Å². The minimum absolute atomic E-state index is 0.406. The summed E-state index contributed by atoms with van der Waals surface area (Å²) >= 11 is 0. The van der Waals surface area contributed by atoms with Crippen LogP contribution in [-0.4, -0.2) is 5.78 Å². The first kappa shape index (κ1) is 9.50. The molecule has 0 unspecified atom stereocenters. The number of hydrogen-bond donors (Lipinski definition) is 0. The van der Waals surface area contributed by atoms with Gasteiger partial charge in [-0.3, -0.25) is 4.79 Å². The summed E-state index contributed by atoms with van der Waals surface area (Å²) < 4.78 is 0. The standard InChI is InChI=1S/C11H18O/c1-3-5-6-9-7-8-11(12)10(9)4-2/h3-8H2,1-2H3. The molecule has 1 heteroatoms. The highest BCUT2D eigenvalue weighted by atomic mass is 16.1. The van der Waals surface area contributed by atoms with E-state index in [-0.39, 0.29) is 0 Å². The molecule has 0 saturated heterocycles. The van der Waals surface area contributed by atoms with E-state index in [1.54, 1.807) is 0 Å². The molecule has 0 N–H and O–H groups in total. The van der Waals surface area contributed by atoms with Crippen LogP contribution in [0.2, 0.25) is 0 Å². The number of ketones is 1. The molecule has 68 valence electrons. The molecule has 0 aromatic heterocycles. The minimum atomic E-state index is 0.406. The quantitative estimate of drug-likeness (QED) is 0.626. The molecule has 0 radical (unpaired) electrons.